The van der Waals surface area contributed by atoms with Crippen molar-refractivity contribution in [3.8, 4) is 0 Å². The molecule has 0 spiro atoms. The molecule has 0 aromatic heterocycles. The Hall–Kier alpha value is -0.170. The number of sulfone groups is 1. The fourth-order valence-corrected chi connectivity index (χ4v) is 3.28. The summed E-state index contributed by atoms with van der Waals surface area (Å²) < 4.78 is 22.2. The van der Waals surface area contributed by atoms with Crippen LogP contribution in [0.1, 0.15) is 13.3 Å². The zero-order valence-electron chi connectivity index (χ0n) is 8.18. The van der Waals surface area contributed by atoms with Crippen molar-refractivity contribution in [2.24, 2.45) is 0 Å². The molecule has 0 aromatic carbocycles. The third-order valence-corrected chi connectivity index (χ3v) is 4.01. The smallest absolute Gasteiger partial charge is 0.154 e. The minimum Gasteiger partial charge on any atom is -0.393 e. The lowest BCUT2D eigenvalue weighted by Gasteiger charge is -2.15. The molecule has 3 atom stereocenters. The summed E-state index contributed by atoms with van der Waals surface area (Å²) in [5.41, 5.74) is 0. The first kappa shape index (κ1) is 11.9. The van der Waals surface area contributed by atoms with Gasteiger partial charge in [0.2, 0.25) is 0 Å². The summed E-state index contributed by atoms with van der Waals surface area (Å²) in [5, 5.41) is 21.3. The van der Waals surface area contributed by atoms with E-state index in [0.29, 0.717) is 13.0 Å². The molecule has 1 fully saturated rings. The average molecular weight is 223 g/mol. The van der Waals surface area contributed by atoms with Crippen LogP contribution in [-0.4, -0.2) is 54.9 Å². The summed E-state index contributed by atoms with van der Waals surface area (Å²) >= 11 is 0. The second-order valence-corrected chi connectivity index (χ2v) is 6.00. The Labute approximate surface area is 84.1 Å². The van der Waals surface area contributed by atoms with Crippen LogP contribution in [0.25, 0.3) is 0 Å². The van der Waals surface area contributed by atoms with Gasteiger partial charge in [-0.2, -0.15) is 0 Å². The molecule has 3 unspecified atom stereocenters. The summed E-state index contributed by atoms with van der Waals surface area (Å²) in [6.07, 6.45) is -0.657. The Morgan fingerprint density at radius 3 is 2.57 bits per heavy atom. The maximum Gasteiger partial charge on any atom is 0.154 e. The van der Waals surface area contributed by atoms with Crippen molar-refractivity contribution in [2.45, 2.75) is 31.6 Å². The molecular weight excluding hydrogens is 206 g/mol. The first-order valence-electron chi connectivity index (χ1n) is 4.70. The van der Waals surface area contributed by atoms with Gasteiger partial charge in [0.1, 0.15) is 0 Å². The molecule has 0 aliphatic carbocycles. The Bertz CT molecular complexity index is 275. The minimum atomic E-state index is -3.07. The fourth-order valence-electron chi connectivity index (χ4n) is 1.50. The van der Waals surface area contributed by atoms with Gasteiger partial charge in [0.05, 0.1) is 23.7 Å². The van der Waals surface area contributed by atoms with Crippen LogP contribution in [0.5, 0.6) is 0 Å². The summed E-state index contributed by atoms with van der Waals surface area (Å²) in [5.74, 6) is -0.159. The van der Waals surface area contributed by atoms with E-state index in [1.54, 1.807) is 6.92 Å². The lowest BCUT2D eigenvalue weighted by atomic mass is 10.2. The fraction of sp³-hybridized carbons (Fsp3) is 1.00. The van der Waals surface area contributed by atoms with Gasteiger partial charge < -0.3 is 15.5 Å². The van der Waals surface area contributed by atoms with E-state index in [9.17, 15) is 13.5 Å². The van der Waals surface area contributed by atoms with Gasteiger partial charge in [-0.05, 0) is 19.9 Å². The molecule has 0 saturated carbocycles. The maximum atomic E-state index is 11.1. The normalized spacial score (nSPS) is 33.1. The van der Waals surface area contributed by atoms with Crippen LogP contribution in [0.2, 0.25) is 0 Å². The first-order valence-corrected chi connectivity index (χ1v) is 6.53. The van der Waals surface area contributed by atoms with Gasteiger partial charge in [-0.15, -0.1) is 0 Å². The predicted molar refractivity (Wildman–Crippen MR) is 52.7 cm³/mol. The van der Waals surface area contributed by atoms with E-state index in [0.717, 1.165) is 0 Å². The molecule has 0 amide bonds. The van der Waals surface area contributed by atoms with Gasteiger partial charge in [-0.1, -0.05) is 0 Å². The monoisotopic (exact) mass is 223 g/mol. The zero-order chi connectivity index (χ0) is 10.8. The average Bonchev–Trinajstić information content (AvgIpc) is 2.24. The Kier molecular flexibility index (Phi) is 3.88. The number of hydrogen-bond donors (Lipinski definition) is 3. The molecule has 0 bridgehead atoms. The molecule has 0 aromatic rings. The van der Waals surface area contributed by atoms with Crippen molar-refractivity contribution in [2.75, 3.05) is 18.1 Å². The summed E-state index contributed by atoms with van der Waals surface area (Å²) in [4.78, 5) is 0. The van der Waals surface area contributed by atoms with E-state index < -0.39 is 22.0 Å². The van der Waals surface area contributed by atoms with E-state index in [2.05, 4.69) is 5.32 Å². The van der Waals surface area contributed by atoms with Crippen LogP contribution in [0, 0.1) is 0 Å². The van der Waals surface area contributed by atoms with Gasteiger partial charge >= 0.3 is 0 Å². The first-order chi connectivity index (χ1) is 6.41. The number of aliphatic hydroxyl groups is 2. The number of nitrogens with one attached hydrogen (secondary N) is 1. The molecule has 84 valence electrons. The summed E-state index contributed by atoms with van der Waals surface area (Å²) in [6, 6.07) is -0.376. The number of aliphatic hydroxyl groups excluding tert-OH is 2. The van der Waals surface area contributed by atoms with Crippen molar-refractivity contribution < 1.29 is 18.6 Å². The van der Waals surface area contributed by atoms with E-state index in [1.807, 2.05) is 0 Å². The molecule has 1 aliphatic heterocycles. The van der Waals surface area contributed by atoms with Crippen LogP contribution in [0.4, 0.5) is 0 Å². The second-order valence-electron chi connectivity index (χ2n) is 3.84. The molecule has 0 radical (unpaired) electrons. The van der Waals surface area contributed by atoms with E-state index in [1.165, 1.54) is 0 Å². The van der Waals surface area contributed by atoms with E-state index in [-0.39, 0.29) is 17.5 Å². The van der Waals surface area contributed by atoms with Crippen molar-refractivity contribution in [1.29, 1.82) is 0 Å². The molecule has 1 saturated heterocycles. The van der Waals surface area contributed by atoms with Crippen LogP contribution in [-0.2, 0) is 9.84 Å². The highest BCUT2D eigenvalue weighted by molar-refractivity contribution is 7.91. The third kappa shape index (κ3) is 3.53. The van der Waals surface area contributed by atoms with Gasteiger partial charge in [0, 0.05) is 6.04 Å². The molecule has 5 nitrogen and oxygen atoms in total. The van der Waals surface area contributed by atoms with Gasteiger partial charge in [0.25, 0.3) is 0 Å². The SMILES string of the molecule is CC(O)CCNC1CS(=O)(=O)CC1O. The third-order valence-electron chi connectivity index (χ3n) is 2.29. The highest BCUT2D eigenvalue weighted by Gasteiger charge is 2.35. The standard InChI is InChI=1S/C8H17NO4S/c1-6(10)2-3-9-7-4-14(12,13)5-8(7)11/h6-11H,2-5H2,1H3. The number of hydrogen-bond acceptors (Lipinski definition) is 5. The van der Waals surface area contributed by atoms with Gasteiger partial charge in [0.15, 0.2) is 9.84 Å². The second kappa shape index (κ2) is 4.57. The molecule has 1 heterocycles. The minimum absolute atomic E-state index is 0.00598. The Morgan fingerprint density at radius 2 is 2.14 bits per heavy atom. The molecule has 3 N–H and O–H groups in total. The van der Waals surface area contributed by atoms with Crippen LogP contribution in [0.15, 0.2) is 0 Å². The molecular formula is C8H17NO4S. The quantitative estimate of drug-likeness (QED) is 0.540. The van der Waals surface area contributed by atoms with Crippen molar-refractivity contribution >= 4 is 9.84 Å². The molecule has 14 heavy (non-hydrogen) atoms. The Morgan fingerprint density at radius 1 is 1.50 bits per heavy atom. The van der Waals surface area contributed by atoms with Crippen LogP contribution < -0.4 is 5.32 Å². The van der Waals surface area contributed by atoms with Crippen LogP contribution in [0.3, 0.4) is 0 Å². The van der Waals surface area contributed by atoms with Crippen molar-refractivity contribution in [3.05, 3.63) is 0 Å². The van der Waals surface area contributed by atoms with Crippen molar-refractivity contribution in [1.82, 2.24) is 5.32 Å². The van der Waals surface area contributed by atoms with Crippen molar-refractivity contribution in [3.63, 3.8) is 0 Å². The highest BCUT2D eigenvalue weighted by atomic mass is 32.2. The van der Waals surface area contributed by atoms with Gasteiger partial charge in [-0.25, -0.2) is 8.42 Å². The van der Waals surface area contributed by atoms with E-state index in [4.69, 9.17) is 5.11 Å². The summed E-state index contributed by atoms with van der Waals surface area (Å²) in [7, 11) is -3.07. The molecule has 1 aliphatic rings. The molecule has 1 rings (SSSR count). The lowest BCUT2D eigenvalue weighted by molar-refractivity contribution is 0.154. The lowest BCUT2D eigenvalue weighted by Crippen LogP contribution is -2.40. The topological polar surface area (TPSA) is 86.6 Å². The van der Waals surface area contributed by atoms with Crippen LogP contribution >= 0.6 is 0 Å². The van der Waals surface area contributed by atoms with Gasteiger partial charge in [-0.3, -0.25) is 0 Å². The highest BCUT2D eigenvalue weighted by Crippen LogP contribution is 2.12. The number of rotatable bonds is 4. The maximum absolute atomic E-state index is 11.1. The molecule has 6 heteroatoms. The predicted octanol–water partition coefficient (Wildman–Crippen LogP) is -1.50. The zero-order valence-corrected chi connectivity index (χ0v) is 9.00. The largest absolute Gasteiger partial charge is 0.393 e. The van der Waals surface area contributed by atoms with E-state index >= 15 is 0 Å². The summed E-state index contributed by atoms with van der Waals surface area (Å²) in [6.45, 7) is 2.19. The Balaban J connectivity index is 2.33.